The van der Waals surface area contributed by atoms with Gasteiger partial charge in [-0.05, 0) is 37.3 Å². The fourth-order valence-corrected chi connectivity index (χ4v) is 3.49. The molecule has 0 aromatic heterocycles. The second-order valence-electron chi connectivity index (χ2n) is 6.71. The number of benzene rings is 1. The summed E-state index contributed by atoms with van der Waals surface area (Å²) in [6.07, 6.45) is 5.46. The molecule has 0 radical (unpaired) electrons. The molecule has 4 nitrogen and oxygen atoms in total. The van der Waals surface area contributed by atoms with E-state index in [2.05, 4.69) is 10.6 Å². The molecule has 5 heteroatoms. The molecule has 1 aromatic rings. The summed E-state index contributed by atoms with van der Waals surface area (Å²) in [7, 11) is 0. The Hall–Kier alpha value is -1.62. The zero-order chi connectivity index (χ0) is 15.6. The van der Waals surface area contributed by atoms with Crippen molar-refractivity contribution in [3.05, 3.63) is 35.6 Å². The van der Waals surface area contributed by atoms with Gasteiger partial charge in [-0.2, -0.15) is 0 Å². The number of aliphatic hydroxyl groups excluding tert-OH is 1. The third kappa shape index (κ3) is 2.95. The Bertz CT molecular complexity index is 551. The van der Waals surface area contributed by atoms with Crippen LogP contribution < -0.4 is 10.6 Å². The lowest BCUT2D eigenvalue weighted by atomic mass is 9.95. The molecule has 120 valence electrons. The van der Waals surface area contributed by atoms with Gasteiger partial charge in [0.25, 0.3) is 0 Å². The van der Waals surface area contributed by atoms with Crippen LogP contribution in [-0.2, 0) is 5.41 Å². The summed E-state index contributed by atoms with van der Waals surface area (Å²) in [5.74, 6) is -0.204. The molecule has 0 heterocycles. The van der Waals surface area contributed by atoms with Crippen LogP contribution in [0.15, 0.2) is 24.3 Å². The molecule has 1 aromatic carbocycles. The van der Waals surface area contributed by atoms with Crippen molar-refractivity contribution in [1.29, 1.82) is 0 Å². The van der Waals surface area contributed by atoms with Crippen LogP contribution in [0.3, 0.4) is 0 Å². The van der Waals surface area contributed by atoms with Crippen molar-refractivity contribution in [3.8, 4) is 0 Å². The molecule has 3 rings (SSSR count). The first-order valence-corrected chi connectivity index (χ1v) is 8.01. The molecule has 0 atom stereocenters. The van der Waals surface area contributed by atoms with Gasteiger partial charge in [-0.1, -0.05) is 31.0 Å². The summed E-state index contributed by atoms with van der Waals surface area (Å²) in [5, 5.41) is 15.3. The minimum absolute atomic E-state index is 0.0289. The minimum atomic E-state index is -0.473. The third-order valence-electron chi connectivity index (χ3n) is 5.13. The van der Waals surface area contributed by atoms with Crippen molar-refractivity contribution in [1.82, 2.24) is 10.6 Å². The number of urea groups is 1. The molecule has 2 aliphatic rings. The van der Waals surface area contributed by atoms with E-state index in [0.717, 1.165) is 38.5 Å². The van der Waals surface area contributed by atoms with Crippen LogP contribution in [0.4, 0.5) is 9.18 Å². The van der Waals surface area contributed by atoms with Crippen molar-refractivity contribution in [2.24, 2.45) is 0 Å². The lowest BCUT2D eigenvalue weighted by molar-refractivity contribution is 0.162. The standard InChI is InChI=1S/C17H23FN2O2/c18-14-6-2-1-5-13(14)16(9-10-16)11-19-15(22)20-17(12-21)7-3-4-8-17/h1-2,5-6,21H,3-4,7-12H2,(H2,19,20,22). The second-order valence-corrected chi connectivity index (χ2v) is 6.71. The van der Waals surface area contributed by atoms with Gasteiger partial charge < -0.3 is 15.7 Å². The average Bonchev–Trinajstić information content (AvgIpc) is 3.17. The van der Waals surface area contributed by atoms with Crippen molar-refractivity contribution in [2.75, 3.05) is 13.2 Å². The van der Waals surface area contributed by atoms with Crippen LogP contribution in [0.5, 0.6) is 0 Å². The molecule has 2 saturated carbocycles. The Labute approximate surface area is 130 Å². The number of aliphatic hydroxyl groups is 1. The molecule has 3 N–H and O–H groups in total. The highest BCUT2D eigenvalue weighted by atomic mass is 19.1. The van der Waals surface area contributed by atoms with Crippen LogP contribution in [0.2, 0.25) is 0 Å². The van der Waals surface area contributed by atoms with E-state index in [-0.39, 0.29) is 23.9 Å². The maximum Gasteiger partial charge on any atom is 0.315 e. The number of carbonyl (C=O) groups is 1. The van der Waals surface area contributed by atoms with E-state index in [0.29, 0.717) is 12.1 Å². The van der Waals surface area contributed by atoms with E-state index >= 15 is 0 Å². The number of carbonyl (C=O) groups excluding carboxylic acids is 1. The monoisotopic (exact) mass is 306 g/mol. The first-order chi connectivity index (χ1) is 10.6. The Balaban J connectivity index is 1.58. The van der Waals surface area contributed by atoms with Gasteiger partial charge in [0.05, 0.1) is 12.1 Å². The number of hydrogen-bond acceptors (Lipinski definition) is 2. The normalized spacial score (nSPS) is 21.4. The first-order valence-electron chi connectivity index (χ1n) is 8.01. The Morgan fingerprint density at radius 2 is 1.86 bits per heavy atom. The van der Waals surface area contributed by atoms with E-state index in [1.54, 1.807) is 12.1 Å². The van der Waals surface area contributed by atoms with Crippen LogP contribution in [0.1, 0.15) is 44.1 Å². The minimum Gasteiger partial charge on any atom is -0.394 e. The summed E-state index contributed by atoms with van der Waals surface area (Å²) < 4.78 is 13.9. The van der Waals surface area contributed by atoms with Gasteiger partial charge in [0, 0.05) is 12.0 Å². The lowest BCUT2D eigenvalue weighted by Crippen LogP contribution is -2.53. The number of nitrogens with one attached hydrogen (secondary N) is 2. The van der Waals surface area contributed by atoms with Gasteiger partial charge in [-0.15, -0.1) is 0 Å². The number of amides is 2. The largest absolute Gasteiger partial charge is 0.394 e. The van der Waals surface area contributed by atoms with Gasteiger partial charge in [0.2, 0.25) is 0 Å². The van der Waals surface area contributed by atoms with E-state index in [9.17, 15) is 14.3 Å². The van der Waals surface area contributed by atoms with Crippen molar-refractivity contribution in [3.63, 3.8) is 0 Å². The van der Waals surface area contributed by atoms with Crippen molar-refractivity contribution >= 4 is 6.03 Å². The molecule has 22 heavy (non-hydrogen) atoms. The highest BCUT2D eigenvalue weighted by molar-refractivity contribution is 5.75. The molecule has 0 aliphatic heterocycles. The van der Waals surface area contributed by atoms with E-state index < -0.39 is 5.54 Å². The molecule has 2 aliphatic carbocycles. The Morgan fingerprint density at radius 1 is 1.18 bits per heavy atom. The van der Waals surface area contributed by atoms with Gasteiger partial charge in [-0.25, -0.2) is 9.18 Å². The zero-order valence-corrected chi connectivity index (χ0v) is 12.7. The molecular weight excluding hydrogens is 283 g/mol. The summed E-state index contributed by atoms with van der Waals surface area (Å²) in [5.41, 5.74) is -0.0446. The van der Waals surface area contributed by atoms with E-state index in [1.807, 2.05) is 6.07 Å². The molecule has 0 bridgehead atoms. The number of rotatable bonds is 5. The van der Waals surface area contributed by atoms with Gasteiger partial charge >= 0.3 is 6.03 Å². The van der Waals surface area contributed by atoms with Crippen molar-refractivity contribution < 1.29 is 14.3 Å². The number of halogens is 1. The molecule has 0 unspecified atom stereocenters. The highest BCUT2D eigenvalue weighted by Gasteiger charge is 2.46. The van der Waals surface area contributed by atoms with Crippen LogP contribution in [0.25, 0.3) is 0 Å². The fraction of sp³-hybridized carbons (Fsp3) is 0.588. The van der Waals surface area contributed by atoms with Gasteiger partial charge in [-0.3, -0.25) is 0 Å². The first kappa shape index (κ1) is 15.3. The zero-order valence-electron chi connectivity index (χ0n) is 12.7. The topological polar surface area (TPSA) is 61.4 Å². The van der Waals surface area contributed by atoms with E-state index in [1.165, 1.54) is 6.07 Å². The Kier molecular flexibility index (Phi) is 4.08. The fourth-order valence-electron chi connectivity index (χ4n) is 3.49. The SMILES string of the molecule is O=C(NCC1(c2ccccc2F)CC1)NC1(CO)CCCC1. The van der Waals surface area contributed by atoms with Gasteiger partial charge in [0.15, 0.2) is 0 Å². The quantitative estimate of drug-likeness (QED) is 0.782. The van der Waals surface area contributed by atoms with E-state index in [4.69, 9.17) is 0 Å². The number of hydrogen-bond donors (Lipinski definition) is 3. The molecule has 0 saturated heterocycles. The summed E-state index contributed by atoms with van der Waals surface area (Å²) in [6, 6.07) is 6.51. The third-order valence-corrected chi connectivity index (χ3v) is 5.13. The maximum atomic E-state index is 13.9. The predicted molar refractivity (Wildman–Crippen MR) is 82.1 cm³/mol. The van der Waals surface area contributed by atoms with Gasteiger partial charge in [0.1, 0.15) is 5.82 Å². The molecule has 2 fully saturated rings. The summed E-state index contributed by atoms with van der Waals surface area (Å²) in [6.45, 7) is 0.403. The lowest BCUT2D eigenvalue weighted by Gasteiger charge is -2.28. The maximum absolute atomic E-state index is 13.9. The predicted octanol–water partition coefficient (Wildman–Crippen LogP) is 2.46. The van der Waals surface area contributed by atoms with Crippen LogP contribution in [-0.4, -0.2) is 29.8 Å². The van der Waals surface area contributed by atoms with Crippen LogP contribution >= 0.6 is 0 Å². The molecule has 0 spiro atoms. The Morgan fingerprint density at radius 3 is 2.45 bits per heavy atom. The highest BCUT2D eigenvalue weighted by Crippen LogP contribution is 2.48. The second kappa shape index (κ2) is 5.88. The summed E-state index contributed by atoms with van der Waals surface area (Å²) >= 11 is 0. The smallest absolute Gasteiger partial charge is 0.315 e. The average molecular weight is 306 g/mol. The van der Waals surface area contributed by atoms with Crippen LogP contribution in [0, 0.1) is 5.82 Å². The molecular formula is C17H23FN2O2. The molecule has 2 amide bonds. The van der Waals surface area contributed by atoms with Crippen molar-refractivity contribution in [2.45, 2.75) is 49.5 Å². The summed E-state index contributed by atoms with van der Waals surface area (Å²) in [4.78, 5) is 12.1.